The van der Waals surface area contributed by atoms with E-state index in [1.807, 2.05) is 0 Å². The molecular weight excluding hydrogens is 118 g/mol. The second-order valence-electron chi connectivity index (χ2n) is 0.238. The fourth-order valence-electron chi connectivity index (χ4n) is 0. The Kier molecular flexibility index (Phi) is 69.0. The summed E-state index contributed by atoms with van der Waals surface area (Å²) in [4.78, 5) is 8.36. The molecule has 5 N–H and O–H groups in total. The van der Waals surface area contributed by atoms with E-state index >= 15 is 0 Å². The fourth-order valence-corrected chi connectivity index (χ4v) is 0. The molecule has 0 aliphatic carbocycles. The molecule has 0 aromatic carbocycles. The van der Waals surface area contributed by atoms with Crippen LogP contribution in [0.1, 0.15) is 2.85 Å². The summed E-state index contributed by atoms with van der Waals surface area (Å²) in [6, 6.07) is 0. The maximum absolute atomic E-state index is 8.36. The third-order valence-electron chi connectivity index (χ3n) is 0. The predicted molar refractivity (Wildman–Crippen MR) is 24.0 cm³/mol. The SMILES string of the molecule is O.O.O=[N+]([O-])O.[H-].[H-].[Mg+2]. The smallest absolute Gasteiger partial charge is 1.00 e. The van der Waals surface area contributed by atoms with Crippen LogP contribution < -0.4 is 0 Å². The van der Waals surface area contributed by atoms with Gasteiger partial charge in [0.25, 0.3) is 5.09 Å². The number of hydrogen-bond acceptors (Lipinski definition) is 2. The molecule has 0 aromatic rings. The molecule has 44 valence electrons. The van der Waals surface area contributed by atoms with Gasteiger partial charge >= 0.3 is 23.1 Å². The van der Waals surface area contributed by atoms with Crippen LogP contribution in [-0.2, 0) is 0 Å². The van der Waals surface area contributed by atoms with E-state index in [1.54, 1.807) is 0 Å². The van der Waals surface area contributed by atoms with E-state index in [1.165, 1.54) is 0 Å². The van der Waals surface area contributed by atoms with Crippen LogP contribution in [-0.4, -0.2) is 44.3 Å². The van der Waals surface area contributed by atoms with Crippen LogP contribution in [0.25, 0.3) is 0 Å². The molecule has 7 heteroatoms. The van der Waals surface area contributed by atoms with Crippen molar-refractivity contribution in [1.82, 2.24) is 0 Å². The molecule has 0 aliphatic rings. The summed E-state index contributed by atoms with van der Waals surface area (Å²) < 4.78 is 0. The van der Waals surface area contributed by atoms with Gasteiger partial charge in [0.1, 0.15) is 0 Å². The molecule has 6 nitrogen and oxygen atoms in total. The van der Waals surface area contributed by atoms with E-state index in [4.69, 9.17) is 15.3 Å². The molecule has 0 fully saturated rings. The number of rotatable bonds is 0. The van der Waals surface area contributed by atoms with E-state index in [0.717, 1.165) is 0 Å². The zero-order chi connectivity index (χ0) is 3.58. The van der Waals surface area contributed by atoms with Crippen molar-refractivity contribution < 1.29 is 24.1 Å². The fraction of sp³-hybridized carbons (Fsp3) is 0. The summed E-state index contributed by atoms with van der Waals surface area (Å²) in [5, 5.41) is 13.6. The Bertz CT molecular complexity index is 37.9. The van der Waals surface area contributed by atoms with Crippen molar-refractivity contribution in [3.05, 3.63) is 10.1 Å². The van der Waals surface area contributed by atoms with Gasteiger partial charge in [0.2, 0.25) is 0 Å². The van der Waals surface area contributed by atoms with Gasteiger partial charge in [0, 0.05) is 0 Å². The minimum absolute atomic E-state index is 0. The van der Waals surface area contributed by atoms with Gasteiger partial charge < -0.3 is 19.0 Å². The van der Waals surface area contributed by atoms with E-state index in [-0.39, 0.29) is 36.9 Å². The maximum atomic E-state index is 8.36. The Balaban J connectivity index is -0.00000000450. The van der Waals surface area contributed by atoms with E-state index in [0.29, 0.717) is 0 Å². The third-order valence-corrected chi connectivity index (χ3v) is 0. The van der Waals surface area contributed by atoms with Crippen LogP contribution in [0.5, 0.6) is 0 Å². The largest absolute Gasteiger partial charge is 2.00 e. The number of nitrogens with zero attached hydrogens (tertiary/aromatic N) is 1. The second kappa shape index (κ2) is 16.9. The molecule has 0 radical (unpaired) electrons. The summed E-state index contributed by atoms with van der Waals surface area (Å²) >= 11 is 0. The van der Waals surface area contributed by atoms with Gasteiger partial charge in [0.05, 0.1) is 0 Å². The van der Waals surface area contributed by atoms with Crippen LogP contribution >= 0.6 is 0 Å². The molecule has 0 saturated heterocycles. The molecule has 0 spiro atoms. The molecular formula is H7MgNO5. The molecule has 0 aromatic heterocycles. The first-order valence-corrected chi connectivity index (χ1v) is 0.565. The van der Waals surface area contributed by atoms with Crippen molar-refractivity contribution in [3.63, 3.8) is 0 Å². The molecule has 0 rings (SSSR count). The minimum atomic E-state index is -1.50. The van der Waals surface area contributed by atoms with Gasteiger partial charge in [-0.3, -0.25) is 0 Å². The monoisotopic (exact) mass is 125 g/mol. The van der Waals surface area contributed by atoms with Crippen LogP contribution in [0.4, 0.5) is 0 Å². The van der Waals surface area contributed by atoms with Crippen LogP contribution in [0.3, 0.4) is 0 Å². The van der Waals surface area contributed by atoms with Gasteiger partial charge in [-0.2, -0.15) is 0 Å². The number of hydrogen-bond donors (Lipinski definition) is 1. The van der Waals surface area contributed by atoms with Gasteiger partial charge in [-0.1, -0.05) is 0 Å². The summed E-state index contributed by atoms with van der Waals surface area (Å²) in [7, 11) is 0. The second-order valence-corrected chi connectivity index (χ2v) is 0.238. The Morgan fingerprint density at radius 1 is 1.57 bits per heavy atom. The molecule has 0 saturated carbocycles. The summed E-state index contributed by atoms with van der Waals surface area (Å²) in [5.41, 5.74) is 0. The van der Waals surface area contributed by atoms with Gasteiger partial charge in [-0.15, -0.1) is 10.1 Å². The predicted octanol–water partition coefficient (Wildman–Crippen LogP) is -2.15. The average Bonchev–Trinajstić information content (AvgIpc) is 0.811. The third kappa shape index (κ3) is 6870. The van der Waals surface area contributed by atoms with Gasteiger partial charge in [-0.05, 0) is 0 Å². The van der Waals surface area contributed by atoms with Crippen LogP contribution in [0.2, 0.25) is 0 Å². The Morgan fingerprint density at radius 2 is 1.57 bits per heavy atom. The normalized spacial score (nSPS) is 3.43. The van der Waals surface area contributed by atoms with Crippen molar-refractivity contribution in [2.75, 3.05) is 0 Å². The zero-order valence-corrected chi connectivity index (χ0v) is 4.83. The molecule has 0 bridgehead atoms. The van der Waals surface area contributed by atoms with Gasteiger partial charge in [0.15, 0.2) is 0 Å². The van der Waals surface area contributed by atoms with Crippen LogP contribution in [0.15, 0.2) is 0 Å². The quantitative estimate of drug-likeness (QED) is 0.225. The molecule has 0 heterocycles. The Hall–Kier alpha value is -0.114. The molecule has 0 aliphatic heterocycles. The van der Waals surface area contributed by atoms with Crippen LogP contribution in [0, 0.1) is 10.1 Å². The summed E-state index contributed by atoms with van der Waals surface area (Å²) in [6.07, 6.45) is 0. The topological polar surface area (TPSA) is 126 Å². The Morgan fingerprint density at radius 3 is 1.57 bits per heavy atom. The minimum Gasteiger partial charge on any atom is -1.00 e. The van der Waals surface area contributed by atoms with Crippen molar-refractivity contribution >= 4 is 23.1 Å². The summed E-state index contributed by atoms with van der Waals surface area (Å²) in [5.74, 6) is 0. The first-order valence-electron chi connectivity index (χ1n) is 0.565. The average molecular weight is 125 g/mol. The standard InChI is InChI=1S/Mg.HNO3.2H2O.2H/c;2-1(3)4;;;;/h;(H,2,3,4);2*1H2;;/q+2;;;;2*-1. The van der Waals surface area contributed by atoms with Crippen molar-refractivity contribution in [2.45, 2.75) is 0 Å². The van der Waals surface area contributed by atoms with Crippen molar-refractivity contribution in [2.24, 2.45) is 0 Å². The molecule has 0 unspecified atom stereocenters. The van der Waals surface area contributed by atoms with E-state index in [9.17, 15) is 0 Å². The maximum Gasteiger partial charge on any atom is 2.00 e. The molecule has 0 atom stereocenters. The molecule has 7 heavy (non-hydrogen) atoms. The van der Waals surface area contributed by atoms with Crippen molar-refractivity contribution in [1.29, 1.82) is 0 Å². The Labute approximate surface area is 58.0 Å². The molecule has 0 amide bonds. The van der Waals surface area contributed by atoms with Crippen molar-refractivity contribution in [3.8, 4) is 0 Å². The summed E-state index contributed by atoms with van der Waals surface area (Å²) in [6.45, 7) is 0. The van der Waals surface area contributed by atoms with E-state index in [2.05, 4.69) is 0 Å². The first kappa shape index (κ1) is 28.6. The zero-order valence-electron chi connectivity index (χ0n) is 5.42. The van der Waals surface area contributed by atoms with E-state index < -0.39 is 5.09 Å². The van der Waals surface area contributed by atoms with Gasteiger partial charge in [-0.25, -0.2) is 0 Å². The first-order chi connectivity index (χ1) is 1.73.